The van der Waals surface area contributed by atoms with Crippen LogP contribution in [0.1, 0.15) is 41.3 Å². The summed E-state index contributed by atoms with van der Waals surface area (Å²) in [6.45, 7) is 1.76. The van der Waals surface area contributed by atoms with Crippen molar-refractivity contribution in [3.05, 3.63) is 47.7 Å². The second kappa shape index (κ2) is 6.18. The first-order valence-electron chi connectivity index (χ1n) is 7.54. The lowest BCUT2D eigenvalue weighted by Gasteiger charge is -2.33. The van der Waals surface area contributed by atoms with E-state index >= 15 is 0 Å². The molecule has 0 spiro atoms. The number of nitrogens with zero attached hydrogens (tertiary/aromatic N) is 2. The van der Waals surface area contributed by atoms with Crippen LogP contribution in [0.5, 0.6) is 0 Å². The Labute approximate surface area is 136 Å². The molecule has 1 aliphatic rings. The highest BCUT2D eigenvalue weighted by Gasteiger charge is 2.47. The first kappa shape index (κ1) is 16.4. The van der Waals surface area contributed by atoms with Crippen LogP contribution in [0.3, 0.4) is 0 Å². The van der Waals surface area contributed by atoms with Gasteiger partial charge in [-0.1, -0.05) is 30.3 Å². The number of hydrogen-bond acceptors (Lipinski definition) is 4. The standard InChI is InChI=1S/C16H16F3N3O2/c1-2-24-15(23)11-9-20-22-13(16(17,18)19)8-12(21-14(11)22)10-6-4-3-5-7-10/h3-7,9,12-13,21H,2,8H2,1H3/t12-,13-/m0/s1. The van der Waals surface area contributed by atoms with Gasteiger partial charge >= 0.3 is 12.1 Å². The minimum absolute atomic E-state index is 0.00623. The Morgan fingerprint density at radius 3 is 2.71 bits per heavy atom. The smallest absolute Gasteiger partial charge is 0.410 e. The fourth-order valence-electron chi connectivity index (χ4n) is 2.82. The van der Waals surface area contributed by atoms with E-state index in [1.807, 2.05) is 0 Å². The molecule has 3 rings (SSSR count). The third-order valence-corrected chi connectivity index (χ3v) is 3.94. The number of anilines is 1. The van der Waals surface area contributed by atoms with E-state index in [-0.39, 0.29) is 24.4 Å². The predicted octanol–water partition coefficient (Wildman–Crippen LogP) is 3.72. The molecule has 1 aliphatic heterocycles. The van der Waals surface area contributed by atoms with Crippen LogP contribution in [0, 0.1) is 0 Å². The van der Waals surface area contributed by atoms with Gasteiger partial charge in [-0.05, 0) is 12.5 Å². The van der Waals surface area contributed by atoms with E-state index in [4.69, 9.17) is 4.74 Å². The minimum Gasteiger partial charge on any atom is -0.462 e. The summed E-state index contributed by atoms with van der Waals surface area (Å²) in [7, 11) is 0. The first-order valence-corrected chi connectivity index (χ1v) is 7.54. The highest BCUT2D eigenvalue weighted by atomic mass is 19.4. The largest absolute Gasteiger partial charge is 0.462 e. The molecule has 0 aliphatic carbocycles. The maximum Gasteiger partial charge on any atom is 0.410 e. The molecule has 1 aromatic carbocycles. The van der Waals surface area contributed by atoms with Crippen molar-refractivity contribution in [1.82, 2.24) is 9.78 Å². The van der Waals surface area contributed by atoms with E-state index in [1.165, 1.54) is 0 Å². The van der Waals surface area contributed by atoms with E-state index in [9.17, 15) is 18.0 Å². The number of nitrogens with one attached hydrogen (secondary N) is 1. The van der Waals surface area contributed by atoms with Gasteiger partial charge in [0.25, 0.3) is 0 Å². The highest BCUT2D eigenvalue weighted by molar-refractivity contribution is 5.94. The molecule has 2 atom stereocenters. The van der Waals surface area contributed by atoms with Crippen LogP contribution in [0.25, 0.3) is 0 Å². The summed E-state index contributed by atoms with van der Waals surface area (Å²) < 4.78 is 46.1. The number of esters is 1. The predicted molar refractivity (Wildman–Crippen MR) is 80.7 cm³/mol. The van der Waals surface area contributed by atoms with Gasteiger partial charge in [0.15, 0.2) is 6.04 Å². The number of carbonyl (C=O) groups excluding carboxylic acids is 1. The van der Waals surface area contributed by atoms with Crippen molar-refractivity contribution in [3.8, 4) is 0 Å². The zero-order valence-electron chi connectivity index (χ0n) is 12.9. The third kappa shape index (κ3) is 2.95. The number of alkyl halides is 3. The summed E-state index contributed by atoms with van der Waals surface area (Å²) >= 11 is 0. The second-order valence-electron chi connectivity index (χ2n) is 5.47. The molecule has 0 fully saturated rings. The Morgan fingerprint density at radius 2 is 2.08 bits per heavy atom. The van der Waals surface area contributed by atoms with Crippen molar-refractivity contribution in [2.75, 3.05) is 11.9 Å². The van der Waals surface area contributed by atoms with Crippen molar-refractivity contribution >= 4 is 11.8 Å². The van der Waals surface area contributed by atoms with Gasteiger partial charge in [-0.15, -0.1) is 0 Å². The molecule has 128 valence electrons. The van der Waals surface area contributed by atoms with Gasteiger partial charge in [0.2, 0.25) is 0 Å². The van der Waals surface area contributed by atoms with E-state index < -0.39 is 24.2 Å². The Morgan fingerprint density at radius 1 is 1.38 bits per heavy atom. The Balaban J connectivity index is 2.03. The number of benzene rings is 1. The quantitative estimate of drug-likeness (QED) is 0.866. The zero-order chi connectivity index (χ0) is 17.3. The molecule has 0 unspecified atom stereocenters. The number of rotatable bonds is 3. The minimum atomic E-state index is -4.47. The highest BCUT2D eigenvalue weighted by Crippen LogP contribution is 2.44. The van der Waals surface area contributed by atoms with Crippen LogP contribution in [0.15, 0.2) is 36.5 Å². The van der Waals surface area contributed by atoms with E-state index in [0.29, 0.717) is 5.56 Å². The molecule has 8 heteroatoms. The second-order valence-corrected chi connectivity index (χ2v) is 5.47. The molecule has 0 saturated carbocycles. The number of hydrogen-bond donors (Lipinski definition) is 1. The van der Waals surface area contributed by atoms with E-state index in [0.717, 1.165) is 10.9 Å². The summed E-state index contributed by atoms with van der Waals surface area (Å²) in [5.74, 6) is -0.656. The van der Waals surface area contributed by atoms with Crippen molar-refractivity contribution in [2.24, 2.45) is 0 Å². The van der Waals surface area contributed by atoms with Gasteiger partial charge < -0.3 is 10.1 Å². The third-order valence-electron chi connectivity index (χ3n) is 3.94. The summed E-state index contributed by atoms with van der Waals surface area (Å²) in [5.41, 5.74) is 0.723. The lowest BCUT2D eigenvalue weighted by Crippen LogP contribution is -2.36. The number of fused-ring (bicyclic) bond motifs is 1. The first-order chi connectivity index (χ1) is 11.4. The molecular formula is C16H16F3N3O2. The molecule has 1 aromatic heterocycles. The van der Waals surface area contributed by atoms with Gasteiger partial charge in [0.1, 0.15) is 11.4 Å². The molecular weight excluding hydrogens is 323 g/mol. The Hall–Kier alpha value is -2.51. The maximum absolute atomic E-state index is 13.5. The van der Waals surface area contributed by atoms with Gasteiger partial charge in [-0.25, -0.2) is 9.48 Å². The molecule has 1 N–H and O–H groups in total. The van der Waals surface area contributed by atoms with Gasteiger partial charge in [-0.2, -0.15) is 18.3 Å². The molecule has 0 bridgehead atoms. The lowest BCUT2D eigenvalue weighted by molar-refractivity contribution is -0.173. The maximum atomic E-state index is 13.5. The van der Waals surface area contributed by atoms with Gasteiger partial charge in [0, 0.05) is 6.42 Å². The average molecular weight is 339 g/mol. The molecule has 0 amide bonds. The number of ether oxygens (including phenoxy) is 1. The molecule has 5 nitrogen and oxygen atoms in total. The SMILES string of the molecule is CCOC(=O)c1cnn2c1N[C@H](c1ccccc1)C[C@H]2C(F)(F)F. The fraction of sp³-hybridized carbons (Fsp3) is 0.375. The molecule has 24 heavy (non-hydrogen) atoms. The summed E-state index contributed by atoms with van der Waals surface area (Å²) in [6, 6.07) is 6.44. The molecule has 2 heterocycles. The number of halogens is 3. The van der Waals surface area contributed by atoms with E-state index in [1.54, 1.807) is 37.3 Å². The zero-order valence-corrected chi connectivity index (χ0v) is 12.9. The fourth-order valence-corrected chi connectivity index (χ4v) is 2.82. The van der Waals surface area contributed by atoms with Crippen LogP contribution >= 0.6 is 0 Å². The Kier molecular flexibility index (Phi) is 4.21. The monoisotopic (exact) mass is 339 g/mol. The van der Waals surface area contributed by atoms with Crippen LogP contribution in [0.2, 0.25) is 0 Å². The van der Waals surface area contributed by atoms with Crippen LogP contribution < -0.4 is 5.32 Å². The van der Waals surface area contributed by atoms with Crippen molar-refractivity contribution in [2.45, 2.75) is 31.6 Å². The Bertz CT molecular complexity index is 728. The van der Waals surface area contributed by atoms with Gasteiger partial charge in [0.05, 0.1) is 18.8 Å². The van der Waals surface area contributed by atoms with E-state index in [2.05, 4.69) is 10.4 Å². The van der Waals surface area contributed by atoms with Crippen LogP contribution in [0.4, 0.5) is 19.0 Å². The van der Waals surface area contributed by atoms with Crippen LogP contribution in [-0.2, 0) is 4.74 Å². The van der Waals surface area contributed by atoms with Crippen molar-refractivity contribution in [1.29, 1.82) is 0 Å². The topological polar surface area (TPSA) is 56.1 Å². The average Bonchev–Trinajstić information content (AvgIpc) is 2.98. The molecule has 0 saturated heterocycles. The van der Waals surface area contributed by atoms with Gasteiger partial charge in [-0.3, -0.25) is 0 Å². The lowest BCUT2D eigenvalue weighted by atomic mass is 9.96. The molecule has 0 radical (unpaired) electrons. The van der Waals surface area contributed by atoms with Crippen molar-refractivity contribution in [3.63, 3.8) is 0 Å². The molecule has 2 aromatic rings. The number of carbonyl (C=O) groups is 1. The summed E-state index contributed by atoms with van der Waals surface area (Å²) in [6.07, 6.45) is -3.56. The number of aromatic nitrogens is 2. The summed E-state index contributed by atoms with van der Waals surface area (Å²) in [5, 5.41) is 6.77. The van der Waals surface area contributed by atoms with Crippen LogP contribution in [-0.4, -0.2) is 28.5 Å². The summed E-state index contributed by atoms with van der Waals surface area (Å²) in [4.78, 5) is 12.0. The normalized spacial score (nSPS) is 20.2. The van der Waals surface area contributed by atoms with Crippen molar-refractivity contribution < 1.29 is 22.7 Å².